The van der Waals surface area contributed by atoms with E-state index in [1.165, 1.54) is 5.57 Å². The van der Waals surface area contributed by atoms with E-state index in [9.17, 15) is 4.79 Å². The highest BCUT2D eigenvalue weighted by Crippen LogP contribution is 2.30. The van der Waals surface area contributed by atoms with Crippen LogP contribution < -0.4 is 0 Å². The highest BCUT2D eigenvalue weighted by molar-refractivity contribution is 5.38. The van der Waals surface area contributed by atoms with Crippen LogP contribution in [0.4, 0.5) is 0 Å². The van der Waals surface area contributed by atoms with E-state index in [2.05, 4.69) is 26.8 Å². The first-order valence-electron chi connectivity index (χ1n) is 4.91. The van der Waals surface area contributed by atoms with E-state index in [1.54, 1.807) is 0 Å². The van der Waals surface area contributed by atoms with Crippen molar-refractivity contribution >= 4 is 6.47 Å². The fraction of sp³-hybridized carbons (Fsp3) is 0.727. The third-order valence-electron chi connectivity index (χ3n) is 2.81. The minimum atomic E-state index is 0.00579. The van der Waals surface area contributed by atoms with Crippen LogP contribution in [0.15, 0.2) is 11.6 Å². The zero-order chi connectivity index (χ0) is 9.84. The first kappa shape index (κ1) is 10.3. The highest BCUT2D eigenvalue weighted by atomic mass is 16.5. The predicted octanol–water partition coefficient (Wildman–Crippen LogP) is 2.54. The van der Waals surface area contributed by atoms with Crippen molar-refractivity contribution in [3.8, 4) is 0 Å². The Morgan fingerprint density at radius 2 is 2.31 bits per heavy atom. The molecular formula is C11H18O2. The Kier molecular flexibility index (Phi) is 3.52. The zero-order valence-corrected chi connectivity index (χ0v) is 8.62. The van der Waals surface area contributed by atoms with Gasteiger partial charge in [0.1, 0.15) is 6.10 Å². The van der Waals surface area contributed by atoms with Crippen molar-refractivity contribution in [1.82, 2.24) is 0 Å². The first-order chi connectivity index (χ1) is 6.15. The Labute approximate surface area is 80.0 Å². The topological polar surface area (TPSA) is 26.3 Å². The summed E-state index contributed by atoms with van der Waals surface area (Å²) in [7, 11) is 0. The van der Waals surface area contributed by atoms with Gasteiger partial charge in [-0.1, -0.05) is 19.4 Å². The van der Waals surface area contributed by atoms with E-state index in [0.29, 0.717) is 18.3 Å². The monoisotopic (exact) mass is 182 g/mol. The first-order valence-corrected chi connectivity index (χ1v) is 4.91. The molecule has 0 heterocycles. The van der Waals surface area contributed by atoms with Crippen molar-refractivity contribution in [2.45, 2.75) is 39.7 Å². The molecule has 0 amide bonds. The lowest BCUT2D eigenvalue weighted by Gasteiger charge is -2.30. The molecule has 0 fully saturated rings. The van der Waals surface area contributed by atoms with Crippen LogP contribution >= 0.6 is 0 Å². The molecule has 0 aliphatic heterocycles. The van der Waals surface area contributed by atoms with Gasteiger partial charge in [-0.25, -0.2) is 0 Å². The van der Waals surface area contributed by atoms with Crippen molar-refractivity contribution in [3.63, 3.8) is 0 Å². The van der Waals surface area contributed by atoms with Crippen LogP contribution in [0.25, 0.3) is 0 Å². The molecule has 0 bridgehead atoms. The molecule has 0 saturated heterocycles. The Balaban J connectivity index is 2.69. The van der Waals surface area contributed by atoms with Gasteiger partial charge in [-0.15, -0.1) is 0 Å². The second-order valence-corrected chi connectivity index (χ2v) is 4.16. The molecule has 2 atom stereocenters. The van der Waals surface area contributed by atoms with Gasteiger partial charge in [0.25, 0.3) is 6.47 Å². The number of hydrogen-bond acceptors (Lipinski definition) is 2. The largest absolute Gasteiger partial charge is 0.460 e. The van der Waals surface area contributed by atoms with Crippen LogP contribution in [0, 0.1) is 11.8 Å². The molecule has 1 rings (SSSR count). The van der Waals surface area contributed by atoms with Crippen LogP contribution in [0.3, 0.4) is 0 Å². The lowest BCUT2D eigenvalue weighted by Crippen LogP contribution is -2.29. The molecule has 0 spiro atoms. The quantitative estimate of drug-likeness (QED) is 0.495. The van der Waals surface area contributed by atoms with E-state index in [1.807, 2.05) is 0 Å². The van der Waals surface area contributed by atoms with Gasteiger partial charge in [-0.3, -0.25) is 4.79 Å². The molecule has 74 valence electrons. The number of carbonyl (C=O) groups is 1. The van der Waals surface area contributed by atoms with Crippen molar-refractivity contribution in [2.24, 2.45) is 11.8 Å². The summed E-state index contributed by atoms with van der Waals surface area (Å²) in [5.74, 6) is 1.07. The molecule has 1 aliphatic rings. The van der Waals surface area contributed by atoms with Crippen molar-refractivity contribution in [3.05, 3.63) is 11.6 Å². The standard InChI is InChI=1S/C11H18O2/c1-8(2)10-5-4-9(3)6-11(10)13-7-12/h6-8,10-11H,4-5H2,1-3H3. The SMILES string of the molecule is CC1=CC(OC=O)C(C(C)C)CC1. The summed E-state index contributed by atoms with van der Waals surface area (Å²) in [6, 6.07) is 0. The summed E-state index contributed by atoms with van der Waals surface area (Å²) in [6.45, 7) is 7.02. The summed E-state index contributed by atoms with van der Waals surface area (Å²) in [6.07, 6.45) is 4.37. The number of ether oxygens (including phenoxy) is 1. The van der Waals surface area contributed by atoms with E-state index >= 15 is 0 Å². The Bertz CT molecular complexity index is 206. The second kappa shape index (κ2) is 4.45. The van der Waals surface area contributed by atoms with Crippen LogP contribution in [-0.4, -0.2) is 12.6 Å². The second-order valence-electron chi connectivity index (χ2n) is 4.16. The average Bonchev–Trinajstić information content (AvgIpc) is 2.04. The molecule has 2 unspecified atom stereocenters. The summed E-state index contributed by atoms with van der Waals surface area (Å²) in [5, 5.41) is 0. The van der Waals surface area contributed by atoms with E-state index in [0.717, 1.165) is 12.8 Å². The van der Waals surface area contributed by atoms with Gasteiger partial charge < -0.3 is 4.74 Å². The predicted molar refractivity (Wildman–Crippen MR) is 52.3 cm³/mol. The molecule has 0 radical (unpaired) electrons. The fourth-order valence-corrected chi connectivity index (χ4v) is 1.96. The Morgan fingerprint density at radius 1 is 1.62 bits per heavy atom. The molecule has 13 heavy (non-hydrogen) atoms. The third kappa shape index (κ3) is 2.58. The van der Waals surface area contributed by atoms with Gasteiger partial charge in [0, 0.05) is 5.92 Å². The van der Waals surface area contributed by atoms with Crippen LogP contribution in [-0.2, 0) is 9.53 Å². The normalized spacial score (nSPS) is 28.5. The van der Waals surface area contributed by atoms with Gasteiger partial charge in [0.2, 0.25) is 0 Å². The van der Waals surface area contributed by atoms with Crippen LogP contribution in [0.2, 0.25) is 0 Å². The van der Waals surface area contributed by atoms with Crippen LogP contribution in [0.1, 0.15) is 33.6 Å². The highest BCUT2D eigenvalue weighted by Gasteiger charge is 2.27. The molecule has 0 saturated carbocycles. The summed E-state index contributed by atoms with van der Waals surface area (Å²) in [4.78, 5) is 10.3. The number of rotatable bonds is 3. The maximum Gasteiger partial charge on any atom is 0.293 e. The smallest absolute Gasteiger partial charge is 0.293 e. The number of hydrogen-bond donors (Lipinski definition) is 0. The van der Waals surface area contributed by atoms with Gasteiger partial charge in [0.15, 0.2) is 0 Å². The van der Waals surface area contributed by atoms with Crippen molar-refractivity contribution < 1.29 is 9.53 Å². The molecule has 0 N–H and O–H groups in total. The molecule has 0 aromatic rings. The molecule has 0 aromatic heterocycles. The molecule has 2 heteroatoms. The number of carbonyl (C=O) groups excluding carboxylic acids is 1. The third-order valence-corrected chi connectivity index (χ3v) is 2.81. The lowest BCUT2D eigenvalue weighted by atomic mass is 9.80. The van der Waals surface area contributed by atoms with Gasteiger partial charge in [0.05, 0.1) is 0 Å². The van der Waals surface area contributed by atoms with Gasteiger partial charge in [-0.05, 0) is 31.8 Å². The number of allylic oxidation sites excluding steroid dienone is 1. The molecular weight excluding hydrogens is 164 g/mol. The maximum atomic E-state index is 10.3. The van der Waals surface area contributed by atoms with E-state index < -0.39 is 0 Å². The lowest BCUT2D eigenvalue weighted by molar-refractivity contribution is -0.134. The zero-order valence-electron chi connectivity index (χ0n) is 8.62. The molecule has 1 aliphatic carbocycles. The maximum absolute atomic E-state index is 10.3. The Hall–Kier alpha value is -0.790. The average molecular weight is 182 g/mol. The van der Waals surface area contributed by atoms with Gasteiger partial charge in [-0.2, -0.15) is 0 Å². The van der Waals surface area contributed by atoms with Crippen LogP contribution in [0.5, 0.6) is 0 Å². The van der Waals surface area contributed by atoms with E-state index in [4.69, 9.17) is 4.74 Å². The molecule has 0 aromatic carbocycles. The minimum Gasteiger partial charge on any atom is -0.460 e. The fourth-order valence-electron chi connectivity index (χ4n) is 1.96. The van der Waals surface area contributed by atoms with Gasteiger partial charge >= 0.3 is 0 Å². The van der Waals surface area contributed by atoms with E-state index in [-0.39, 0.29) is 6.10 Å². The Morgan fingerprint density at radius 3 is 2.85 bits per heavy atom. The molecule has 2 nitrogen and oxygen atoms in total. The summed E-state index contributed by atoms with van der Waals surface area (Å²) >= 11 is 0. The summed E-state index contributed by atoms with van der Waals surface area (Å²) in [5.41, 5.74) is 1.34. The van der Waals surface area contributed by atoms with Crippen molar-refractivity contribution in [1.29, 1.82) is 0 Å². The van der Waals surface area contributed by atoms with Crippen molar-refractivity contribution in [2.75, 3.05) is 0 Å². The summed E-state index contributed by atoms with van der Waals surface area (Å²) < 4.78 is 5.07. The minimum absolute atomic E-state index is 0.00579.